The first-order valence-electron chi connectivity index (χ1n) is 7.42. The summed E-state index contributed by atoms with van der Waals surface area (Å²) in [6, 6.07) is 2.54. The summed E-state index contributed by atoms with van der Waals surface area (Å²) in [5, 5.41) is 9.08. The quantitative estimate of drug-likeness (QED) is 0.729. The molecule has 0 aliphatic carbocycles. The maximum Gasteiger partial charge on any atom is 0.0976 e. The lowest BCUT2D eigenvalue weighted by atomic mass is 10.2. The van der Waals surface area contributed by atoms with Gasteiger partial charge in [0.25, 0.3) is 0 Å². The normalized spacial score (nSPS) is 25.1. The summed E-state index contributed by atoms with van der Waals surface area (Å²) in [7, 11) is 0. The molecule has 0 N–H and O–H groups in total. The highest BCUT2D eigenvalue weighted by molar-refractivity contribution is 4.92. The van der Waals surface area contributed by atoms with Crippen molar-refractivity contribution < 1.29 is 0 Å². The predicted octanol–water partition coefficient (Wildman–Crippen LogP) is 1.00. The maximum absolute atomic E-state index is 9.08. The zero-order valence-electron chi connectivity index (χ0n) is 11.6. The van der Waals surface area contributed by atoms with Gasteiger partial charge >= 0.3 is 0 Å². The monoisotopic (exact) mass is 250 g/mol. The number of nitrogens with zero attached hydrogens (tertiary/aromatic N) is 4. The maximum atomic E-state index is 9.08. The Kier molecular flexibility index (Phi) is 5.43. The molecule has 0 aromatic carbocycles. The van der Waals surface area contributed by atoms with Gasteiger partial charge in [0, 0.05) is 39.3 Å². The van der Waals surface area contributed by atoms with Crippen molar-refractivity contribution in [2.24, 2.45) is 0 Å². The highest BCUT2D eigenvalue weighted by atomic mass is 15.3. The van der Waals surface area contributed by atoms with Crippen LogP contribution in [0.3, 0.4) is 0 Å². The summed E-state index contributed by atoms with van der Waals surface area (Å²) in [5.74, 6) is 0. The molecule has 2 fully saturated rings. The fraction of sp³-hybridized carbons (Fsp3) is 0.929. The third kappa shape index (κ3) is 3.68. The van der Waals surface area contributed by atoms with Crippen molar-refractivity contribution in [3.8, 4) is 6.07 Å². The van der Waals surface area contributed by atoms with E-state index in [4.69, 9.17) is 5.26 Å². The number of hydrogen-bond acceptors (Lipinski definition) is 4. The minimum absolute atomic E-state index is 0.130. The summed E-state index contributed by atoms with van der Waals surface area (Å²) in [6.45, 7) is 11.5. The van der Waals surface area contributed by atoms with Gasteiger partial charge in [-0.3, -0.25) is 9.80 Å². The van der Waals surface area contributed by atoms with Crippen molar-refractivity contribution in [3.05, 3.63) is 0 Å². The first-order valence-corrected chi connectivity index (χ1v) is 7.42. The molecular formula is C14H26N4. The molecule has 0 aromatic heterocycles. The van der Waals surface area contributed by atoms with E-state index in [-0.39, 0.29) is 6.04 Å². The van der Waals surface area contributed by atoms with Crippen LogP contribution in [0, 0.1) is 11.3 Å². The molecule has 4 heteroatoms. The number of likely N-dealkylation sites (tertiary alicyclic amines) is 1. The minimum atomic E-state index is 0.130. The molecule has 1 unspecified atom stereocenters. The standard InChI is InChI=1S/C14H26N4/c1-2-14(13-15)18-11-9-17(10-12-18)8-7-16-5-3-4-6-16/h14H,2-12H2,1H3. The lowest BCUT2D eigenvalue weighted by Gasteiger charge is -2.37. The Morgan fingerprint density at radius 2 is 1.50 bits per heavy atom. The van der Waals surface area contributed by atoms with Crippen LogP contribution in [0.15, 0.2) is 0 Å². The highest BCUT2D eigenvalue weighted by Gasteiger charge is 2.22. The van der Waals surface area contributed by atoms with Crippen LogP contribution in [-0.2, 0) is 0 Å². The first kappa shape index (κ1) is 13.8. The molecular weight excluding hydrogens is 224 g/mol. The number of hydrogen-bond donors (Lipinski definition) is 0. The fourth-order valence-corrected chi connectivity index (χ4v) is 3.02. The molecule has 0 saturated carbocycles. The van der Waals surface area contributed by atoms with Crippen LogP contribution in [0.4, 0.5) is 0 Å². The second-order valence-corrected chi connectivity index (χ2v) is 5.48. The van der Waals surface area contributed by atoms with Crippen LogP contribution in [0.25, 0.3) is 0 Å². The largest absolute Gasteiger partial charge is 0.302 e. The van der Waals surface area contributed by atoms with Crippen LogP contribution < -0.4 is 0 Å². The zero-order chi connectivity index (χ0) is 12.8. The van der Waals surface area contributed by atoms with Gasteiger partial charge in [0.2, 0.25) is 0 Å². The van der Waals surface area contributed by atoms with Gasteiger partial charge in [0.05, 0.1) is 12.1 Å². The Hall–Kier alpha value is -0.630. The lowest BCUT2D eigenvalue weighted by molar-refractivity contribution is 0.105. The van der Waals surface area contributed by atoms with E-state index in [0.29, 0.717) is 0 Å². The average molecular weight is 250 g/mol. The molecule has 0 radical (unpaired) electrons. The van der Waals surface area contributed by atoms with Crippen molar-refractivity contribution in [1.29, 1.82) is 5.26 Å². The summed E-state index contributed by atoms with van der Waals surface area (Å²) in [6.07, 6.45) is 3.71. The molecule has 18 heavy (non-hydrogen) atoms. The second kappa shape index (κ2) is 7.08. The Bertz CT molecular complexity index is 272. The van der Waals surface area contributed by atoms with E-state index in [9.17, 15) is 0 Å². The summed E-state index contributed by atoms with van der Waals surface area (Å²) < 4.78 is 0. The molecule has 2 heterocycles. The molecule has 2 saturated heterocycles. The Morgan fingerprint density at radius 1 is 0.944 bits per heavy atom. The smallest absolute Gasteiger partial charge is 0.0976 e. The van der Waals surface area contributed by atoms with Gasteiger partial charge in [-0.25, -0.2) is 0 Å². The van der Waals surface area contributed by atoms with E-state index in [0.717, 1.165) is 32.6 Å². The third-order valence-corrected chi connectivity index (χ3v) is 4.31. The van der Waals surface area contributed by atoms with Crippen LogP contribution >= 0.6 is 0 Å². The highest BCUT2D eigenvalue weighted by Crippen LogP contribution is 2.10. The van der Waals surface area contributed by atoms with E-state index in [1.807, 2.05) is 0 Å². The molecule has 0 amide bonds. The van der Waals surface area contributed by atoms with Crippen molar-refractivity contribution in [3.63, 3.8) is 0 Å². The molecule has 2 aliphatic heterocycles. The van der Waals surface area contributed by atoms with Crippen molar-refractivity contribution >= 4 is 0 Å². The van der Waals surface area contributed by atoms with Gasteiger partial charge in [0.1, 0.15) is 0 Å². The van der Waals surface area contributed by atoms with Crippen molar-refractivity contribution in [2.45, 2.75) is 32.2 Å². The van der Waals surface area contributed by atoms with Gasteiger partial charge < -0.3 is 4.90 Å². The molecule has 0 bridgehead atoms. The first-order chi connectivity index (χ1) is 8.83. The van der Waals surface area contributed by atoms with Crippen LogP contribution in [-0.4, -0.2) is 73.1 Å². The van der Waals surface area contributed by atoms with E-state index >= 15 is 0 Å². The lowest BCUT2D eigenvalue weighted by Crippen LogP contribution is -2.51. The zero-order valence-corrected chi connectivity index (χ0v) is 11.6. The molecule has 4 nitrogen and oxygen atoms in total. The van der Waals surface area contributed by atoms with E-state index in [1.165, 1.54) is 39.0 Å². The average Bonchev–Trinajstić information content (AvgIpc) is 2.92. The molecule has 1 atom stereocenters. The van der Waals surface area contributed by atoms with E-state index < -0.39 is 0 Å². The fourth-order valence-electron chi connectivity index (χ4n) is 3.02. The predicted molar refractivity (Wildman–Crippen MR) is 73.4 cm³/mol. The Morgan fingerprint density at radius 3 is 2.00 bits per heavy atom. The van der Waals surface area contributed by atoms with Crippen LogP contribution in [0.2, 0.25) is 0 Å². The Labute approximate surface area is 111 Å². The third-order valence-electron chi connectivity index (χ3n) is 4.31. The summed E-state index contributed by atoms with van der Waals surface area (Å²) >= 11 is 0. The summed E-state index contributed by atoms with van der Waals surface area (Å²) in [4.78, 5) is 7.47. The molecule has 2 aliphatic rings. The van der Waals surface area contributed by atoms with Gasteiger partial charge in [-0.15, -0.1) is 0 Å². The van der Waals surface area contributed by atoms with Gasteiger partial charge in [-0.1, -0.05) is 6.92 Å². The number of nitriles is 1. The van der Waals surface area contributed by atoms with Crippen LogP contribution in [0.1, 0.15) is 26.2 Å². The molecule has 0 aromatic rings. The molecule has 102 valence electrons. The van der Waals surface area contributed by atoms with Gasteiger partial charge in [0.15, 0.2) is 0 Å². The van der Waals surface area contributed by atoms with Gasteiger partial charge in [-0.2, -0.15) is 5.26 Å². The number of rotatable bonds is 5. The second-order valence-electron chi connectivity index (χ2n) is 5.48. The number of piperazine rings is 1. The van der Waals surface area contributed by atoms with E-state index in [2.05, 4.69) is 27.7 Å². The summed E-state index contributed by atoms with van der Waals surface area (Å²) in [5.41, 5.74) is 0. The SMILES string of the molecule is CCC(C#N)N1CCN(CCN2CCCC2)CC1. The topological polar surface area (TPSA) is 33.5 Å². The Balaban J connectivity index is 1.65. The van der Waals surface area contributed by atoms with Crippen molar-refractivity contribution in [2.75, 3.05) is 52.4 Å². The van der Waals surface area contributed by atoms with Crippen LogP contribution in [0.5, 0.6) is 0 Å². The van der Waals surface area contributed by atoms with Gasteiger partial charge in [-0.05, 0) is 32.4 Å². The minimum Gasteiger partial charge on any atom is -0.302 e. The van der Waals surface area contributed by atoms with Crippen molar-refractivity contribution in [1.82, 2.24) is 14.7 Å². The van der Waals surface area contributed by atoms with E-state index in [1.54, 1.807) is 0 Å². The molecule has 2 rings (SSSR count). The molecule has 0 spiro atoms.